The molecule has 1 aromatic heterocycles. The molecule has 86 valence electrons. The standard InChI is InChI=1S/C14H12INO/c1-10(15)14(17)12-7-5-11(6-8-12)13-4-2-3-9-16-13/h2-10H,1H3. The van der Waals surface area contributed by atoms with Gasteiger partial charge >= 0.3 is 0 Å². The summed E-state index contributed by atoms with van der Waals surface area (Å²) in [4.78, 5) is 16.0. The van der Waals surface area contributed by atoms with E-state index in [1.165, 1.54) is 0 Å². The van der Waals surface area contributed by atoms with Crippen LogP contribution in [0.5, 0.6) is 0 Å². The number of carbonyl (C=O) groups excluding carboxylic acids is 1. The Hall–Kier alpha value is -1.23. The van der Waals surface area contributed by atoms with Crippen molar-refractivity contribution in [2.45, 2.75) is 10.8 Å². The van der Waals surface area contributed by atoms with Gasteiger partial charge in [0.05, 0.1) is 9.62 Å². The summed E-state index contributed by atoms with van der Waals surface area (Å²) in [6, 6.07) is 13.4. The number of hydrogen-bond donors (Lipinski definition) is 0. The van der Waals surface area contributed by atoms with E-state index in [0.717, 1.165) is 16.8 Å². The number of carbonyl (C=O) groups is 1. The fourth-order valence-corrected chi connectivity index (χ4v) is 1.93. The van der Waals surface area contributed by atoms with E-state index in [1.807, 2.05) is 49.4 Å². The number of hydrogen-bond acceptors (Lipinski definition) is 2. The second-order valence-corrected chi connectivity index (χ2v) is 5.64. The number of nitrogens with zero attached hydrogens (tertiary/aromatic N) is 1. The third kappa shape index (κ3) is 2.91. The molecule has 0 N–H and O–H groups in total. The van der Waals surface area contributed by atoms with Gasteiger partial charge in [0.1, 0.15) is 0 Å². The normalized spacial score (nSPS) is 12.1. The Morgan fingerprint density at radius 3 is 2.41 bits per heavy atom. The van der Waals surface area contributed by atoms with Crippen molar-refractivity contribution in [1.29, 1.82) is 0 Å². The molecule has 2 nitrogen and oxygen atoms in total. The number of alkyl halides is 1. The summed E-state index contributed by atoms with van der Waals surface area (Å²) in [6.07, 6.45) is 1.77. The predicted octanol–water partition coefficient (Wildman–Crippen LogP) is 3.75. The number of rotatable bonds is 3. The lowest BCUT2D eigenvalue weighted by atomic mass is 10.0. The van der Waals surface area contributed by atoms with Gasteiger partial charge in [-0.15, -0.1) is 0 Å². The first kappa shape index (κ1) is 12.2. The van der Waals surface area contributed by atoms with E-state index in [9.17, 15) is 4.79 Å². The molecule has 3 heteroatoms. The molecule has 0 aliphatic rings. The van der Waals surface area contributed by atoms with Crippen molar-refractivity contribution in [1.82, 2.24) is 4.98 Å². The van der Waals surface area contributed by atoms with Crippen LogP contribution >= 0.6 is 22.6 Å². The zero-order chi connectivity index (χ0) is 12.3. The van der Waals surface area contributed by atoms with Gasteiger partial charge < -0.3 is 0 Å². The van der Waals surface area contributed by atoms with Crippen LogP contribution in [0.4, 0.5) is 0 Å². The van der Waals surface area contributed by atoms with Gasteiger partial charge in [0.2, 0.25) is 0 Å². The van der Waals surface area contributed by atoms with Gasteiger partial charge in [-0.25, -0.2) is 0 Å². The first-order chi connectivity index (χ1) is 8.18. The molecule has 0 radical (unpaired) electrons. The van der Waals surface area contributed by atoms with Gasteiger partial charge in [0.25, 0.3) is 0 Å². The smallest absolute Gasteiger partial charge is 0.175 e. The van der Waals surface area contributed by atoms with Crippen molar-refractivity contribution in [2.24, 2.45) is 0 Å². The summed E-state index contributed by atoms with van der Waals surface area (Å²) in [5, 5.41) is 0. The third-order valence-corrected chi connectivity index (χ3v) is 3.06. The zero-order valence-corrected chi connectivity index (χ0v) is 11.6. The molecule has 1 heterocycles. The minimum atomic E-state index is 0.00769. The summed E-state index contributed by atoms with van der Waals surface area (Å²) in [7, 11) is 0. The Kier molecular flexibility index (Phi) is 3.89. The second-order valence-electron chi connectivity index (χ2n) is 3.77. The van der Waals surface area contributed by atoms with Crippen LogP contribution in [0.1, 0.15) is 17.3 Å². The van der Waals surface area contributed by atoms with E-state index in [4.69, 9.17) is 0 Å². The highest BCUT2D eigenvalue weighted by Crippen LogP contribution is 2.18. The van der Waals surface area contributed by atoms with E-state index in [1.54, 1.807) is 6.20 Å². The van der Waals surface area contributed by atoms with Crippen molar-refractivity contribution in [2.75, 3.05) is 0 Å². The summed E-state index contributed by atoms with van der Waals surface area (Å²) in [5.74, 6) is 0.165. The molecule has 2 rings (SSSR count). The van der Waals surface area contributed by atoms with Crippen LogP contribution in [-0.4, -0.2) is 14.7 Å². The van der Waals surface area contributed by atoms with Crippen LogP contribution < -0.4 is 0 Å². The highest BCUT2D eigenvalue weighted by molar-refractivity contribution is 14.1. The summed E-state index contributed by atoms with van der Waals surface area (Å²) < 4.78 is 0.00769. The fraction of sp³-hybridized carbons (Fsp3) is 0.143. The largest absolute Gasteiger partial charge is 0.293 e. The SMILES string of the molecule is CC(I)C(=O)c1ccc(-c2ccccn2)cc1. The summed E-state index contributed by atoms with van der Waals surface area (Å²) in [6.45, 7) is 1.90. The molecule has 0 fully saturated rings. The zero-order valence-electron chi connectivity index (χ0n) is 9.43. The van der Waals surface area contributed by atoms with Crippen LogP contribution in [0, 0.1) is 0 Å². The minimum absolute atomic E-state index is 0.00769. The molecule has 2 aromatic rings. The van der Waals surface area contributed by atoms with E-state index in [2.05, 4.69) is 27.6 Å². The van der Waals surface area contributed by atoms with Gasteiger partial charge in [-0.1, -0.05) is 52.9 Å². The molecule has 0 spiro atoms. The molecule has 0 amide bonds. The van der Waals surface area contributed by atoms with Gasteiger partial charge in [-0.3, -0.25) is 9.78 Å². The second kappa shape index (κ2) is 5.40. The first-order valence-electron chi connectivity index (χ1n) is 5.38. The first-order valence-corrected chi connectivity index (χ1v) is 6.63. The van der Waals surface area contributed by atoms with Gasteiger partial charge in [-0.2, -0.15) is 0 Å². The Labute approximate surface area is 114 Å². The minimum Gasteiger partial charge on any atom is -0.293 e. The Balaban J connectivity index is 2.28. The molecule has 0 bridgehead atoms. The topological polar surface area (TPSA) is 30.0 Å². The number of halogens is 1. The molecule has 0 saturated carbocycles. The number of pyridine rings is 1. The van der Waals surface area contributed by atoms with Crippen molar-refractivity contribution in [3.8, 4) is 11.3 Å². The summed E-state index contributed by atoms with van der Waals surface area (Å²) >= 11 is 2.13. The number of aromatic nitrogens is 1. The monoisotopic (exact) mass is 337 g/mol. The Bertz CT molecular complexity index is 506. The predicted molar refractivity (Wildman–Crippen MR) is 77.5 cm³/mol. The average molecular weight is 337 g/mol. The lowest BCUT2D eigenvalue weighted by Crippen LogP contribution is -2.09. The number of ketones is 1. The maximum absolute atomic E-state index is 11.8. The van der Waals surface area contributed by atoms with Crippen LogP contribution in [0.25, 0.3) is 11.3 Å². The van der Waals surface area contributed by atoms with Crippen molar-refractivity contribution < 1.29 is 4.79 Å². The lowest BCUT2D eigenvalue weighted by molar-refractivity contribution is 0.0998. The van der Waals surface area contributed by atoms with Gasteiger partial charge in [0, 0.05) is 17.3 Å². The number of Topliss-reactive ketones (excluding diaryl/α,β-unsaturated/α-hetero) is 1. The van der Waals surface area contributed by atoms with Crippen molar-refractivity contribution >= 4 is 28.4 Å². The molecule has 1 aromatic carbocycles. The highest BCUT2D eigenvalue weighted by atomic mass is 127. The quantitative estimate of drug-likeness (QED) is 0.485. The van der Waals surface area contributed by atoms with E-state index in [-0.39, 0.29) is 9.71 Å². The molecular weight excluding hydrogens is 325 g/mol. The molecule has 1 unspecified atom stereocenters. The van der Waals surface area contributed by atoms with E-state index in [0.29, 0.717) is 0 Å². The van der Waals surface area contributed by atoms with Gasteiger partial charge in [-0.05, 0) is 19.1 Å². The van der Waals surface area contributed by atoms with Crippen LogP contribution in [0.2, 0.25) is 0 Å². The summed E-state index contributed by atoms with van der Waals surface area (Å²) in [5.41, 5.74) is 2.71. The lowest BCUT2D eigenvalue weighted by Gasteiger charge is -2.04. The molecule has 1 atom stereocenters. The Morgan fingerprint density at radius 1 is 1.18 bits per heavy atom. The third-order valence-electron chi connectivity index (χ3n) is 2.49. The van der Waals surface area contributed by atoms with Crippen molar-refractivity contribution in [3.63, 3.8) is 0 Å². The molecule has 0 aliphatic heterocycles. The highest BCUT2D eigenvalue weighted by Gasteiger charge is 2.11. The van der Waals surface area contributed by atoms with Crippen LogP contribution in [-0.2, 0) is 0 Å². The van der Waals surface area contributed by atoms with Crippen LogP contribution in [0.3, 0.4) is 0 Å². The molecular formula is C14H12INO. The maximum Gasteiger partial charge on any atom is 0.175 e. The van der Waals surface area contributed by atoms with Crippen LogP contribution in [0.15, 0.2) is 48.7 Å². The number of benzene rings is 1. The average Bonchev–Trinajstić information content (AvgIpc) is 2.39. The fourth-order valence-electron chi connectivity index (χ4n) is 1.57. The van der Waals surface area contributed by atoms with E-state index >= 15 is 0 Å². The van der Waals surface area contributed by atoms with Gasteiger partial charge in [0.15, 0.2) is 5.78 Å². The molecule has 0 saturated heterocycles. The molecule has 0 aliphatic carbocycles. The van der Waals surface area contributed by atoms with Crippen molar-refractivity contribution in [3.05, 3.63) is 54.2 Å². The Morgan fingerprint density at radius 2 is 1.88 bits per heavy atom. The maximum atomic E-state index is 11.8. The molecule has 17 heavy (non-hydrogen) atoms. The van der Waals surface area contributed by atoms with E-state index < -0.39 is 0 Å².